The molecule has 0 radical (unpaired) electrons. The monoisotopic (exact) mass is 387 g/mol. The second kappa shape index (κ2) is 8.15. The van der Waals surface area contributed by atoms with Gasteiger partial charge in [0.15, 0.2) is 5.75 Å². The van der Waals surface area contributed by atoms with Gasteiger partial charge in [0.1, 0.15) is 17.3 Å². The molecule has 25 heavy (non-hydrogen) atoms. The molecule has 0 saturated heterocycles. The first-order valence-electron chi connectivity index (χ1n) is 6.94. The Kier molecular flexibility index (Phi) is 6.18. The molecule has 0 unspecified atom stereocenters. The highest BCUT2D eigenvalue weighted by Crippen LogP contribution is 2.31. The van der Waals surface area contributed by atoms with Crippen LogP contribution in [-0.2, 0) is 14.9 Å². The summed E-state index contributed by atoms with van der Waals surface area (Å²) in [6.07, 6.45) is 0. The molecular weight excluding hydrogens is 374 g/mol. The number of non-ortho nitro benzene ring substituents is 1. The predicted molar refractivity (Wildman–Crippen MR) is 89.7 cm³/mol. The van der Waals surface area contributed by atoms with Gasteiger partial charge in [-0.15, -0.1) is 0 Å². The molecule has 0 aromatic heterocycles. The first kappa shape index (κ1) is 19.0. The average molecular weight is 388 g/mol. The van der Waals surface area contributed by atoms with Crippen LogP contribution in [0.3, 0.4) is 0 Å². The molecule has 2 aromatic rings. The topological polar surface area (TPSA) is 105 Å². The van der Waals surface area contributed by atoms with Crippen molar-refractivity contribution < 1.29 is 27.0 Å². The molecule has 0 aliphatic rings. The summed E-state index contributed by atoms with van der Waals surface area (Å²) in [6.45, 7) is 0.735. The number of rotatable bonds is 8. The number of ether oxygens (including phenoxy) is 2. The molecule has 0 amide bonds. The summed E-state index contributed by atoms with van der Waals surface area (Å²) in [5, 5.41) is 10.5. The Labute approximate surface area is 149 Å². The highest BCUT2D eigenvalue weighted by atomic mass is 35.5. The van der Waals surface area contributed by atoms with E-state index < -0.39 is 15.0 Å². The maximum atomic E-state index is 12.3. The van der Waals surface area contributed by atoms with Crippen molar-refractivity contribution in [1.29, 1.82) is 0 Å². The minimum absolute atomic E-state index is 0.110. The summed E-state index contributed by atoms with van der Waals surface area (Å²) in [5.41, 5.74) is -0.271. The quantitative estimate of drug-likeness (QED) is 0.296. The van der Waals surface area contributed by atoms with Crippen molar-refractivity contribution in [2.45, 2.75) is 4.90 Å². The van der Waals surface area contributed by atoms with Gasteiger partial charge in [0.25, 0.3) is 5.69 Å². The summed E-state index contributed by atoms with van der Waals surface area (Å²) >= 11 is 5.84. The zero-order chi connectivity index (χ0) is 18.4. The van der Waals surface area contributed by atoms with E-state index in [0.717, 1.165) is 18.2 Å². The van der Waals surface area contributed by atoms with Gasteiger partial charge in [0.05, 0.1) is 16.6 Å². The van der Waals surface area contributed by atoms with E-state index in [1.165, 1.54) is 24.3 Å². The van der Waals surface area contributed by atoms with E-state index in [2.05, 4.69) is 0 Å². The predicted octanol–water partition coefficient (Wildman–Crippen LogP) is 3.04. The van der Waals surface area contributed by atoms with Gasteiger partial charge in [-0.3, -0.25) is 10.1 Å². The van der Waals surface area contributed by atoms with Crippen molar-refractivity contribution in [2.24, 2.45) is 0 Å². The maximum Gasteiger partial charge on any atom is 0.339 e. The SMILES string of the molecule is COCCOc1ccc(S(=O)(=O)Oc2ccc([N+](=O)[O-])cc2Cl)cc1. The lowest BCUT2D eigenvalue weighted by molar-refractivity contribution is -0.384. The number of benzene rings is 2. The van der Waals surface area contributed by atoms with Gasteiger partial charge in [0, 0.05) is 19.2 Å². The van der Waals surface area contributed by atoms with Crippen LogP contribution in [0.1, 0.15) is 0 Å². The normalized spacial score (nSPS) is 11.1. The van der Waals surface area contributed by atoms with Gasteiger partial charge in [-0.25, -0.2) is 0 Å². The number of nitro benzene ring substituents is 1. The fraction of sp³-hybridized carbons (Fsp3) is 0.200. The van der Waals surface area contributed by atoms with E-state index in [-0.39, 0.29) is 21.4 Å². The van der Waals surface area contributed by atoms with E-state index in [1.807, 2.05) is 0 Å². The zero-order valence-electron chi connectivity index (χ0n) is 13.0. The number of hydrogen-bond acceptors (Lipinski definition) is 7. The van der Waals surface area contributed by atoms with E-state index >= 15 is 0 Å². The van der Waals surface area contributed by atoms with Crippen LogP contribution in [-0.4, -0.2) is 33.7 Å². The highest BCUT2D eigenvalue weighted by Gasteiger charge is 2.20. The van der Waals surface area contributed by atoms with Gasteiger partial charge in [0.2, 0.25) is 0 Å². The van der Waals surface area contributed by atoms with E-state index in [9.17, 15) is 18.5 Å². The minimum atomic E-state index is -4.15. The largest absolute Gasteiger partial charge is 0.491 e. The smallest absolute Gasteiger partial charge is 0.339 e. The maximum absolute atomic E-state index is 12.3. The van der Waals surface area contributed by atoms with Crippen LogP contribution in [0, 0.1) is 10.1 Å². The third kappa shape index (κ3) is 5.05. The molecule has 0 aliphatic heterocycles. The third-order valence-electron chi connectivity index (χ3n) is 2.99. The Morgan fingerprint density at radius 3 is 2.36 bits per heavy atom. The number of methoxy groups -OCH3 is 1. The third-order valence-corrected chi connectivity index (χ3v) is 4.54. The van der Waals surface area contributed by atoms with Gasteiger partial charge in [-0.05, 0) is 30.3 Å². The molecule has 0 fully saturated rings. The number of nitrogens with zero attached hydrogens (tertiary/aromatic N) is 1. The van der Waals surface area contributed by atoms with Crippen molar-refractivity contribution in [3.8, 4) is 11.5 Å². The molecule has 8 nitrogen and oxygen atoms in total. The molecule has 0 saturated carbocycles. The minimum Gasteiger partial charge on any atom is -0.491 e. The van der Waals surface area contributed by atoms with Crippen molar-refractivity contribution in [2.75, 3.05) is 20.3 Å². The second-order valence-corrected chi connectivity index (χ2v) is 6.68. The first-order chi connectivity index (χ1) is 11.8. The lowest BCUT2D eigenvalue weighted by Crippen LogP contribution is -2.10. The number of halogens is 1. The Balaban J connectivity index is 2.15. The highest BCUT2D eigenvalue weighted by molar-refractivity contribution is 7.87. The van der Waals surface area contributed by atoms with Gasteiger partial charge in [-0.1, -0.05) is 11.6 Å². The van der Waals surface area contributed by atoms with Gasteiger partial charge < -0.3 is 13.7 Å². The molecule has 0 aliphatic carbocycles. The van der Waals surface area contributed by atoms with Gasteiger partial charge >= 0.3 is 10.1 Å². The lowest BCUT2D eigenvalue weighted by atomic mass is 10.3. The lowest BCUT2D eigenvalue weighted by Gasteiger charge is -2.09. The second-order valence-electron chi connectivity index (χ2n) is 4.72. The summed E-state index contributed by atoms with van der Waals surface area (Å²) in [7, 11) is -2.60. The first-order valence-corrected chi connectivity index (χ1v) is 8.72. The van der Waals surface area contributed by atoms with Crippen molar-refractivity contribution in [3.05, 3.63) is 57.6 Å². The molecule has 10 heteroatoms. The standard InChI is InChI=1S/C15H14ClNO7S/c1-22-8-9-23-12-3-5-13(6-4-12)25(20,21)24-15-7-2-11(17(18)19)10-14(15)16/h2-7,10H,8-9H2,1H3. The molecule has 134 valence electrons. The molecule has 2 rings (SSSR count). The summed E-state index contributed by atoms with van der Waals surface area (Å²) in [5.74, 6) is 0.275. The molecule has 2 aromatic carbocycles. The summed E-state index contributed by atoms with van der Waals surface area (Å²) in [4.78, 5) is 9.91. The molecule has 0 bridgehead atoms. The van der Waals surface area contributed by atoms with Crippen LogP contribution in [0.5, 0.6) is 11.5 Å². The van der Waals surface area contributed by atoms with Crippen LogP contribution < -0.4 is 8.92 Å². The Morgan fingerprint density at radius 2 is 1.80 bits per heavy atom. The Hall–Kier alpha value is -2.36. The van der Waals surface area contributed by atoms with Gasteiger partial charge in [-0.2, -0.15) is 8.42 Å². The fourth-order valence-corrected chi connectivity index (χ4v) is 2.99. The molecule has 0 atom stereocenters. The fourth-order valence-electron chi connectivity index (χ4n) is 1.78. The zero-order valence-corrected chi connectivity index (χ0v) is 14.6. The average Bonchev–Trinajstić information content (AvgIpc) is 2.57. The van der Waals surface area contributed by atoms with E-state index in [0.29, 0.717) is 19.0 Å². The van der Waals surface area contributed by atoms with Crippen LogP contribution >= 0.6 is 11.6 Å². The molecule has 0 spiro atoms. The van der Waals surface area contributed by atoms with Crippen molar-refractivity contribution in [1.82, 2.24) is 0 Å². The van der Waals surface area contributed by atoms with Crippen molar-refractivity contribution in [3.63, 3.8) is 0 Å². The van der Waals surface area contributed by atoms with Crippen LogP contribution in [0.4, 0.5) is 5.69 Å². The van der Waals surface area contributed by atoms with Crippen molar-refractivity contribution >= 4 is 27.4 Å². The Morgan fingerprint density at radius 1 is 1.12 bits per heavy atom. The van der Waals surface area contributed by atoms with Crippen LogP contribution in [0.15, 0.2) is 47.4 Å². The number of nitro groups is 1. The molecular formula is C15H14ClNO7S. The van der Waals surface area contributed by atoms with E-state index in [1.54, 1.807) is 7.11 Å². The van der Waals surface area contributed by atoms with Crippen LogP contribution in [0.25, 0.3) is 0 Å². The Bertz CT molecular complexity index is 853. The molecule has 0 heterocycles. The summed E-state index contributed by atoms with van der Waals surface area (Å²) < 4.78 is 39.7. The summed E-state index contributed by atoms with van der Waals surface area (Å²) in [6, 6.07) is 8.82. The van der Waals surface area contributed by atoms with E-state index in [4.69, 9.17) is 25.3 Å². The van der Waals surface area contributed by atoms with Crippen LogP contribution in [0.2, 0.25) is 5.02 Å². The molecule has 0 N–H and O–H groups in total. The number of hydrogen-bond donors (Lipinski definition) is 0.